The van der Waals surface area contributed by atoms with Crippen molar-refractivity contribution in [1.29, 1.82) is 0 Å². The summed E-state index contributed by atoms with van der Waals surface area (Å²) in [4.78, 5) is 0. The Morgan fingerprint density at radius 2 is 2.31 bits per heavy atom. The van der Waals surface area contributed by atoms with Crippen molar-refractivity contribution >= 4 is 11.6 Å². The lowest BCUT2D eigenvalue weighted by atomic mass is 9.84. The van der Waals surface area contributed by atoms with E-state index in [-0.39, 0.29) is 0 Å². The van der Waals surface area contributed by atoms with E-state index in [1.165, 1.54) is 32.1 Å². The maximum absolute atomic E-state index is 5.95. The highest BCUT2D eigenvalue weighted by molar-refractivity contribution is 6.18. The summed E-state index contributed by atoms with van der Waals surface area (Å²) >= 11 is 5.95. The van der Waals surface area contributed by atoms with E-state index in [0.717, 1.165) is 12.5 Å². The van der Waals surface area contributed by atoms with Crippen LogP contribution >= 0.6 is 11.6 Å². The molecule has 13 heavy (non-hydrogen) atoms. The monoisotopic (exact) mass is 204 g/mol. The fourth-order valence-corrected chi connectivity index (χ4v) is 2.04. The van der Waals surface area contributed by atoms with Gasteiger partial charge in [-0.1, -0.05) is 13.8 Å². The van der Waals surface area contributed by atoms with Crippen LogP contribution in [0.4, 0.5) is 0 Å². The molecule has 0 aliphatic carbocycles. The number of rotatable bonds is 5. The third-order valence-electron chi connectivity index (χ3n) is 3.27. The standard InChI is InChI=1S/C11H21ClO/c1-3-11(2,9-12)7-6-10-5-4-8-13-10/h10H,3-9H2,1-2H3. The Kier molecular flexibility index (Phi) is 4.54. The number of hydrogen-bond donors (Lipinski definition) is 0. The van der Waals surface area contributed by atoms with E-state index in [1.54, 1.807) is 0 Å². The topological polar surface area (TPSA) is 9.23 Å². The first-order chi connectivity index (χ1) is 6.20. The molecule has 0 saturated carbocycles. The van der Waals surface area contributed by atoms with Crippen LogP contribution < -0.4 is 0 Å². The van der Waals surface area contributed by atoms with Crippen molar-refractivity contribution in [3.05, 3.63) is 0 Å². The molecule has 0 N–H and O–H groups in total. The van der Waals surface area contributed by atoms with Gasteiger partial charge in [-0.2, -0.15) is 0 Å². The number of halogens is 1. The highest BCUT2D eigenvalue weighted by Gasteiger charge is 2.24. The summed E-state index contributed by atoms with van der Waals surface area (Å²) in [6.07, 6.45) is 6.59. The van der Waals surface area contributed by atoms with E-state index in [9.17, 15) is 0 Å². The molecule has 0 radical (unpaired) electrons. The Morgan fingerprint density at radius 1 is 1.54 bits per heavy atom. The summed E-state index contributed by atoms with van der Waals surface area (Å²) < 4.78 is 5.59. The van der Waals surface area contributed by atoms with E-state index in [1.807, 2.05) is 0 Å². The van der Waals surface area contributed by atoms with Crippen molar-refractivity contribution in [3.8, 4) is 0 Å². The molecule has 0 aromatic rings. The zero-order chi connectivity index (χ0) is 9.73. The molecule has 1 aliphatic heterocycles. The van der Waals surface area contributed by atoms with Crippen LogP contribution in [0.3, 0.4) is 0 Å². The minimum atomic E-state index is 0.327. The van der Waals surface area contributed by atoms with Crippen LogP contribution in [-0.4, -0.2) is 18.6 Å². The minimum Gasteiger partial charge on any atom is -0.378 e. The number of alkyl halides is 1. The summed E-state index contributed by atoms with van der Waals surface area (Å²) in [5.74, 6) is 0.774. The van der Waals surface area contributed by atoms with Gasteiger partial charge in [0.2, 0.25) is 0 Å². The highest BCUT2D eigenvalue weighted by atomic mass is 35.5. The average molecular weight is 205 g/mol. The van der Waals surface area contributed by atoms with Gasteiger partial charge < -0.3 is 4.74 Å². The van der Waals surface area contributed by atoms with Gasteiger partial charge in [-0.05, 0) is 37.5 Å². The van der Waals surface area contributed by atoms with Crippen LogP contribution in [0.1, 0.15) is 46.0 Å². The summed E-state index contributed by atoms with van der Waals surface area (Å²) in [6.45, 7) is 5.46. The second kappa shape index (κ2) is 5.21. The van der Waals surface area contributed by atoms with Crippen molar-refractivity contribution in [1.82, 2.24) is 0 Å². The van der Waals surface area contributed by atoms with Gasteiger partial charge in [-0.15, -0.1) is 11.6 Å². The van der Waals surface area contributed by atoms with Crippen LogP contribution in [0.15, 0.2) is 0 Å². The van der Waals surface area contributed by atoms with Crippen LogP contribution in [-0.2, 0) is 4.74 Å². The Labute approximate surface area is 86.8 Å². The Morgan fingerprint density at radius 3 is 2.77 bits per heavy atom. The van der Waals surface area contributed by atoms with Gasteiger partial charge in [0.25, 0.3) is 0 Å². The second-order valence-electron chi connectivity index (χ2n) is 4.47. The predicted molar refractivity (Wildman–Crippen MR) is 57.3 cm³/mol. The quantitative estimate of drug-likeness (QED) is 0.622. The molecule has 2 unspecified atom stereocenters. The van der Waals surface area contributed by atoms with Crippen molar-refractivity contribution in [2.24, 2.45) is 5.41 Å². The lowest BCUT2D eigenvalue weighted by Crippen LogP contribution is -2.20. The van der Waals surface area contributed by atoms with Gasteiger partial charge >= 0.3 is 0 Å². The van der Waals surface area contributed by atoms with E-state index in [2.05, 4.69) is 13.8 Å². The molecular formula is C11H21ClO. The molecule has 1 aliphatic rings. The number of hydrogen-bond acceptors (Lipinski definition) is 1. The summed E-state index contributed by atoms with van der Waals surface area (Å²) in [5.41, 5.74) is 0.327. The number of ether oxygens (including phenoxy) is 1. The van der Waals surface area contributed by atoms with E-state index in [4.69, 9.17) is 16.3 Å². The molecule has 0 bridgehead atoms. The first-order valence-electron chi connectivity index (χ1n) is 5.38. The normalized spacial score (nSPS) is 27.5. The van der Waals surface area contributed by atoms with Crippen molar-refractivity contribution < 1.29 is 4.74 Å². The Balaban J connectivity index is 2.22. The van der Waals surface area contributed by atoms with Crippen LogP contribution in [0.2, 0.25) is 0 Å². The fourth-order valence-electron chi connectivity index (χ4n) is 1.72. The first-order valence-corrected chi connectivity index (χ1v) is 5.91. The van der Waals surface area contributed by atoms with Crippen LogP contribution in [0.25, 0.3) is 0 Å². The molecule has 2 atom stereocenters. The maximum atomic E-state index is 5.95. The van der Waals surface area contributed by atoms with Crippen molar-refractivity contribution in [3.63, 3.8) is 0 Å². The summed E-state index contributed by atoms with van der Waals surface area (Å²) in [7, 11) is 0. The van der Waals surface area contributed by atoms with Gasteiger partial charge in [0.05, 0.1) is 6.10 Å². The Bertz CT molecular complexity index is 137. The highest BCUT2D eigenvalue weighted by Crippen LogP contribution is 2.31. The molecule has 1 rings (SSSR count). The maximum Gasteiger partial charge on any atom is 0.0576 e. The van der Waals surface area contributed by atoms with Crippen LogP contribution in [0.5, 0.6) is 0 Å². The van der Waals surface area contributed by atoms with E-state index < -0.39 is 0 Å². The minimum absolute atomic E-state index is 0.327. The third kappa shape index (κ3) is 3.47. The smallest absolute Gasteiger partial charge is 0.0576 e. The molecule has 1 heterocycles. The zero-order valence-electron chi connectivity index (χ0n) is 8.81. The van der Waals surface area contributed by atoms with Crippen molar-refractivity contribution in [2.45, 2.75) is 52.1 Å². The average Bonchev–Trinajstić information content (AvgIpc) is 2.67. The van der Waals surface area contributed by atoms with E-state index >= 15 is 0 Å². The van der Waals surface area contributed by atoms with Gasteiger partial charge in [0, 0.05) is 12.5 Å². The van der Waals surface area contributed by atoms with Gasteiger partial charge in [0.15, 0.2) is 0 Å². The van der Waals surface area contributed by atoms with Gasteiger partial charge in [-0.25, -0.2) is 0 Å². The zero-order valence-corrected chi connectivity index (χ0v) is 9.57. The summed E-state index contributed by atoms with van der Waals surface area (Å²) in [5, 5.41) is 0. The second-order valence-corrected chi connectivity index (χ2v) is 4.74. The molecule has 0 amide bonds. The van der Waals surface area contributed by atoms with Crippen LogP contribution in [0, 0.1) is 5.41 Å². The Hall–Kier alpha value is 0.250. The molecule has 0 aromatic heterocycles. The van der Waals surface area contributed by atoms with E-state index in [0.29, 0.717) is 11.5 Å². The molecular weight excluding hydrogens is 184 g/mol. The van der Waals surface area contributed by atoms with Gasteiger partial charge in [0.1, 0.15) is 0 Å². The third-order valence-corrected chi connectivity index (χ3v) is 3.92. The summed E-state index contributed by atoms with van der Waals surface area (Å²) in [6, 6.07) is 0. The molecule has 0 aromatic carbocycles. The molecule has 1 nitrogen and oxygen atoms in total. The lowest BCUT2D eigenvalue weighted by molar-refractivity contribution is 0.0915. The fraction of sp³-hybridized carbons (Fsp3) is 1.00. The first kappa shape index (κ1) is 11.3. The molecule has 0 spiro atoms. The van der Waals surface area contributed by atoms with Crippen molar-refractivity contribution in [2.75, 3.05) is 12.5 Å². The SMILES string of the molecule is CCC(C)(CCl)CCC1CCCO1. The molecule has 1 fully saturated rings. The van der Waals surface area contributed by atoms with Gasteiger partial charge in [-0.3, -0.25) is 0 Å². The molecule has 2 heteroatoms. The predicted octanol–water partition coefficient (Wildman–Crippen LogP) is 3.60. The molecule has 1 saturated heterocycles. The molecule has 78 valence electrons. The lowest BCUT2D eigenvalue weighted by Gasteiger charge is -2.26. The largest absolute Gasteiger partial charge is 0.378 e.